The molecule has 0 radical (unpaired) electrons. The zero-order valence-electron chi connectivity index (χ0n) is 11.7. The van der Waals surface area contributed by atoms with Crippen LogP contribution in [0.3, 0.4) is 0 Å². The molecule has 8 heteroatoms. The molecule has 112 valence electrons. The number of pyridine rings is 2. The van der Waals surface area contributed by atoms with Crippen LogP contribution in [0.5, 0.6) is 0 Å². The number of hydrogen-bond donors (Lipinski definition) is 1. The van der Waals surface area contributed by atoms with Gasteiger partial charge in [0.1, 0.15) is 6.07 Å². The van der Waals surface area contributed by atoms with Gasteiger partial charge in [-0.1, -0.05) is 0 Å². The van der Waals surface area contributed by atoms with E-state index in [4.69, 9.17) is 5.26 Å². The molecular formula is C15H10N6O2. The van der Waals surface area contributed by atoms with Crippen molar-refractivity contribution in [2.45, 2.75) is 0 Å². The second-order valence-electron chi connectivity index (χ2n) is 4.53. The van der Waals surface area contributed by atoms with Crippen molar-refractivity contribution in [1.29, 1.82) is 5.26 Å². The van der Waals surface area contributed by atoms with Crippen LogP contribution >= 0.6 is 0 Å². The van der Waals surface area contributed by atoms with Gasteiger partial charge in [-0.05, 0) is 18.2 Å². The Kier molecular flexibility index (Phi) is 3.68. The first-order valence-electron chi connectivity index (χ1n) is 6.59. The third kappa shape index (κ3) is 2.84. The second kappa shape index (κ2) is 5.95. The number of aromatic nitrogens is 4. The number of nitriles is 1. The van der Waals surface area contributed by atoms with Gasteiger partial charge in [0, 0.05) is 18.3 Å². The lowest BCUT2D eigenvalue weighted by atomic mass is 10.3. The highest BCUT2D eigenvalue weighted by Crippen LogP contribution is 2.13. The van der Waals surface area contributed by atoms with Crippen molar-refractivity contribution < 1.29 is 9.52 Å². The monoisotopic (exact) mass is 306 g/mol. The lowest BCUT2D eigenvalue weighted by Gasteiger charge is -2.03. The highest BCUT2D eigenvalue weighted by atomic mass is 16.5. The number of carbonyl (C=O) groups is 1. The lowest BCUT2D eigenvalue weighted by Crippen LogP contribution is -2.36. The summed E-state index contributed by atoms with van der Waals surface area (Å²) in [6.07, 6.45) is 5.71. The first-order valence-corrected chi connectivity index (χ1v) is 6.59. The molecule has 0 aromatic carbocycles. The average molecular weight is 306 g/mol. The Morgan fingerprint density at radius 1 is 1.35 bits per heavy atom. The van der Waals surface area contributed by atoms with Gasteiger partial charge >= 0.3 is 5.91 Å². The fraction of sp³-hybridized carbons (Fsp3) is 0. The number of anilines is 1. The van der Waals surface area contributed by atoms with E-state index in [-0.39, 0.29) is 5.69 Å². The smallest absolute Gasteiger partial charge is 0.321 e. The van der Waals surface area contributed by atoms with Gasteiger partial charge in [-0.15, -0.1) is 0 Å². The largest absolute Gasteiger partial charge is 0.618 e. The Morgan fingerprint density at radius 2 is 2.22 bits per heavy atom. The van der Waals surface area contributed by atoms with Gasteiger partial charge in [0.2, 0.25) is 0 Å². The van der Waals surface area contributed by atoms with Crippen LogP contribution in [-0.2, 0) is 0 Å². The Hall–Kier alpha value is -3.73. The molecule has 1 N–H and O–H groups in total. The molecule has 23 heavy (non-hydrogen) atoms. The Bertz CT molecular complexity index is 912. The molecule has 0 spiro atoms. The summed E-state index contributed by atoms with van der Waals surface area (Å²) in [5, 5.41) is 27.3. The molecule has 3 rings (SSSR count). The van der Waals surface area contributed by atoms with Crippen molar-refractivity contribution in [3.63, 3.8) is 0 Å². The van der Waals surface area contributed by atoms with Gasteiger partial charge in [0.15, 0.2) is 12.0 Å². The van der Waals surface area contributed by atoms with Crippen LogP contribution < -0.4 is 10.0 Å². The number of rotatable bonds is 3. The summed E-state index contributed by atoms with van der Waals surface area (Å²) in [5.41, 5.74) is 0.707. The van der Waals surface area contributed by atoms with E-state index < -0.39 is 5.91 Å². The maximum absolute atomic E-state index is 12.1. The molecular weight excluding hydrogens is 296 g/mol. The van der Waals surface area contributed by atoms with E-state index in [1.807, 2.05) is 6.07 Å². The van der Waals surface area contributed by atoms with Crippen LogP contribution in [0.2, 0.25) is 0 Å². The van der Waals surface area contributed by atoms with Crippen molar-refractivity contribution in [2.75, 3.05) is 5.32 Å². The molecule has 3 heterocycles. The van der Waals surface area contributed by atoms with Crippen molar-refractivity contribution in [2.24, 2.45) is 0 Å². The predicted octanol–water partition coefficient (Wildman–Crippen LogP) is 1.02. The minimum Gasteiger partial charge on any atom is -0.618 e. The van der Waals surface area contributed by atoms with Gasteiger partial charge in [-0.25, -0.2) is 9.67 Å². The van der Waals surface area contributed by atoms with Gasteiger partial charge in [-0.2, -0.15) is 15.1 Å². The van der Waals surface area contributed by atoms with Crippen LogP contribution in [0.4, 0.5) is 5.69 Å². The predicted molar refractivity (Wildman–Crippen MR) is 79.4 cm³/mol. The van der Waals surface area contributed by atoms with Gasteiger partial charge in [0.05, 0.1) is 23.6 Å². The summed E-state index contributed by atoms with van der Waals surface area (Å²) in [5.74, 6) is -0.198. The maximum atomic E-state index is 12.1. The van der Waals surface area contributed by atoms with E-state index >= 15 is 0 Å². The fourth-order valence-corrected chi connectivity index (χ4v) is 1.97. The van der Waals surface area contributed by atoms with E-state index in [2.05, 4.69) is 15.4 Å². The Labute approximate surface area is 130 Å². The van der Waals surface area contributed by atoms with Gasteiger partial charge in [0.25, 0.3) is 5.69 Å². The van der Waals surface area contributed by atoms with E-state index in [1.54, 1.807) is 24.4 Å². The molecule has 0 saturated carbocycles. The number of amides is 1. The third-order valence-corrected chi connectivity index (χ3v) is 3.02. The first-order chi connectivity index (χ1) is 11.2. The van der Waals surface area contributed by atoms with Crippen molar-refractivity contribution in [1.82, 2.24) is 14.8 Å². The number of hydrogen-bond acceptors (Lipinski definition) is 5. The summed E-state index contributed by atoms with van der Waals surface area (Å²) in [4.78, 5) is 16.2. The van der Waals surface area contributed by atoms with E-state index in [1.165, 1.54) is 35.4 Å². The molecule has 0 aliphatic carbocycles. The molecule has 3 aromatic rings. The van der Waals surface area contributed by atoms with Crippen LogP contribution in [0, 0.1) is 16.5 Å². The molecule has 0 atom stereocenters. The summed E-state index contributed by atoms with van der Waals surface area (Å²) in [6, 6.07) is 9.84. The summed E-state index contributed by atoms with van der Waals surface area (Å²) >= 11 is 0. The molecule has 0 unspecified atom stereocenters. The molecule has 0 aliphatic rings. The van der Waals surface area contributed by atoms with E-state index in [9.17, 15) is 10.0 Å². The highest BCUT2D eigenvalue weighted by molar-refractivity contribution is 6.01. The SMILES string of the molecule is N#Cc1cccnc1-n1cc(NC(=O)c2cccc[n+]2[O-])cn1. The van der Waals surface area contributed by atoms with Crippen LogP contribution in [0.15, 0.2) is 55.1 Å². The third-order valence-electron chi connectivity index (χ3n) is 3.02. The number of nitrogens with one attached hydrogen (secondary N) is 1. The molecule has 3 aromatic heterocycles. The van der Waals surface area contributed by atoms with Crippen molar-refractivity contribution >= 4 is 11.6 Å². The zero-order valence-corrected chi connectivity index (χ0v) is 11.7. The average Bonchev–Trinajstić information content (AvgIpc) is 3.03. The zero-order chi connectivity index (χ0) is 16.2. The van der Waals surface area contributed by atoms with Crippen LogP contribution in [0.1, 0.15) is 16.1 Å². The van der Waals surface area contributed by atoms with Gasteiger partial charge in [-0.3, -0.25) is 4.79 Å². The standard InChI is InChI=1S/C15H10N6O2/c16-8-11-4-3-6-17-14(11)20-10-12(9-18-20)19-15(22)13-5-1-2-7-21(13)23/h1-7,9-10H,(H,19,22). The minimum absolute atomic E-state index is 0.0317. The summed E-state index contributed by atoms with van der Waals surface area (Å²) < 4.78 is 1.86. The first kappa shape index (κ1) is 14.2. The topological polar surface area (TPSA) is 111 Å². The maximum Gasteiger partial charge on any atom is 0.321 e. The molecule has 0 saturated heterocycles. The Balaban J connectivity index is 1.85. The quantitative estimate of drug-likeness (QED) is 0.574. The molecule has 0 bridgehead atoms. The van der Waals surface area contributed by atoms with E-state index in [0.29, 0.717) is 21.8 Å². The lowest BCUT2D eigenvalue weighted by molar-refractivity contribution is -0.607. The summed E-state index contributed by atoms with van der Waals surface area (Å²) in [6.45, 7) is 0. The normalized spacial score (nSPS) is 10.0. The van der Waals surface area contributed by atoms with Crippen molar-refractivity contribution in [3.05, 3.63) is 71.6 Å². The molecule has 8 nitrogen and oxygen atoms in total. The fourth-order valence-electron chi connectivity index (χ4n) is 1.97. The number of carbonyl (C=O) groups excluding carboxylic acids is 1. The van der Waals surface area contributed by atoms with Crippen molar-refractivity contribution in [3.8, 4) is 11.9 Å². The van der Waals surface area contributed by atoms with Crippen LogP contribution in [0.25, 0.3) is 5.82 Å². The second-order valence-corrected chi connectivity index (χ2v) is 4.53. The minimum atomic E-state index is -0.554. The van der Waals surface area contributed by atoms with Crippen LogP contribution in [-0.4, -0.2) is 20.7 Å². The molecule has 1 amide bonds. The molecule has 0 aliphatic heterocycles. The molecule has 0 fully saturated rings. The van der Waals surface area contributed by atoms with Gasteiger partial charge < -0.3 is 10.5 Å². The van der Waals surface area contributed by atoms with E-state index in [0.717, 1.165) is 0 Å². The summed E-state index contributed by atoms with van der Waals surface area (Å²) in [7, 11) is 0. The Morgan fingerprint density at radius 3 is 3.00 bits per heavy atom. The number of nitrogens with zero attached hydrogens (tertiary/aromatic N) is 5. The highest BCUT2D eigenvalue weighted by Gasteiger charge is 2.16.